The highest BCUT2D eigenvalue weighted by Crippen LogP contribution is 2.06. The van der Waals surface area contributed by atoms with Gasteiger partial charge in [0.05, 0.1) is 0 Å². The van der Waals surface area contributed by atoms with Crippen molar-refractivity contribution >= 4 is 5.91 Å². The zero-order valence-electron chi connectivity index (χ0n) is 8.54. The Bertz CT molecular complexity index is 198. The molecule has 80 valence electrons. The number of carbonyl (C=O) groups excluding carboxylic acids is 1. The standard InChI is InChI=1S/C10H19N3O/c11-5-3-6-12-10(14)4-9-13-7-1-2-8-13/h4,9H,1-3,5-8,11H2,(H,12,14). The van der Waals surface area contributed by atoms with Gasteiger partial charge in [-0.05, 0) is 25.8 Å². The minimum Gasteiger partial charge on any atom is -0.377 e. The molecule has 4 nitrogen and oxygen atoms in total. The van der Waals surface area contributed by atoms with Crippen LogP contribution < -0.4 is 11.1 Å². The maximum absolute atomic E-state index is 11.2. The van der Waals surface area contributed by atoms with Gasteiger partial charge in [0.2, 0.25) is 5.91 Å². The lowest BCUT2D eigenvalue weighted by atomic mass is 10.4. The molecule has 1 fully saturated rings. The maximum atomic E-state index is 11.2. The number of nitrogens with one attached hydrogen (secondary N) is 1. The molecule has 14 heavy (non-hydrogen) atoms. The first-order valence-corrected chi connectivity index (χ1v) is 5.23. The molecule has 0 unspecified atom stereocenters. The van der Waals surface area contributed by atoms with Crippen LogP contribution in [-0.2, 0) is 4.79 Å². The minimum atomic E-state index is -0.0228. The Kier molecular flexibility index (Phi) is 5.07. The zero-order valence-corrected chi connectivity index (χ0v) is 8.54. The lowest BCUT2D eigenvalue weighted by molar-refractivity contribution is -0.116. The summed E-state index contributed by atoms with van der Waals surface area (Å²) in [5.41, 5.74) is 5.31. The van der Waals surface area contributed by atoms with Crippen LogP contribution in [0.4, 0.5) is 0 Å². The molecule has 4 heteroatoms. The number of nitrogens with zero attached hydrogens (tertiary/aromatic N) is 1. The normalized spacial score (nSPS) is 16.5. The van der Waals surface area contributed by atoms with Crippen molar-refractivity contribution in [3.63, 3.8) is 0 Å². The van der Waals surface area contributed by atoms with E-state index in [0.717, 1.165) is 19.5 Å². The highest BCUT2D eigenvalue weighted by atomic mass is 16.1. The van der Waals surface area contributed by atoms with Crippen molar-refractivity contribution in [2.75, 3.05) is 26.2 Å². The molecule has 0 aromatic heterocycles. The fraction of sp³-hybridized carbons (Fsp3) is 0.700. The first kappa shape index (κ1) is 11.0. The Morgan fingerprint density at radius 1 is 1.43 bits per heavy atom. The van der Waals surface area contributed by atoms with Gasteiger partial charge in [0.1, 0.15) is 0 Å². The van der Waals surface area contributed by atoms with Crippen LogP contribution in [0.15, 0.2) is 12.3 Å². The van der Waals surface area contributed by atoms with E-state index in [1.165, 1.54) is 12.8 Å². The van der Waals surface area contributed by atoms with Crippen molar-refractivity contribution in [2.24, 2.45) is 5.73 Å². The van der Waals surface area contributed by atoms with Gasteiger partial charge in [-0.1, -0.05) is 0 Å². The van der Waals surface area contributed by atoms with Crippen LogP contribution in [0.25, 0.3) is 0 Å². The van der Waals surface area contributed by atoms with Crippen LogP contribution in [0.5, 0.6) is 0 Å². The van der Waals surface area contributed by atoms with E-state index >= 15 is 0 Å². The smallest absolute Gasteiger partial charge is 0.245 e. The van der Waals surface area contributed by atoms with Gasteiger partial charge in [-0.25, -0.2) is 0 Å². The van der Waals surface area contributed by atoms with Crippen LogP contribution in [0.2, 0.25) is 0 Å². The summed E-state index contributed by atoms with van der Waals surface area (Å²) in [5.74, 6) is -0.0228. The van der Waals surface area contributed by atoms with Gasteiger partial charge in [0.25, 0.3) is 0 Å². The van der Waals surface area contributed by atoms with Crippen molar-refractivity contribution < 1.29 is 4.79 Å². The molecular formula is C10H19N3O. The van der Waals surface area contributed by atoms with Crippen LogP contribution in [-0.4, -0.2) is 37.0 Å². The van der Waals surface area contributed by atoms with Gasteiger partial charge in [0.15, 0.2) is 0 Å². The maximum Gasteiger partial charge on any atom is 0.245 e. The molecular weight excluding hydrogens is 178 g/mol. The summed E-state index contributed by atoms with van der Waals surface area (Å²) in [4.78, 5) is 13.4. The number of nitrogens with two attached hydrogens (primary N) is 1. The summed E-state index contributed by atoms with van der Waals surface area (Å²) in [7, 11) is 0. The van der Waals surface area contributed by atoms with Gasteiger partial charge in [0, 0.05) is 31.9 Å². The van der Waals surface area contributed by atoms with Gasteiger partial charge < -0.3 is 16.0 Å². The molecule has 1 saturated heterocycles. The molecule has 0 aromatic carbocycles. The number of hydrogen-bond acceptors (Lipinski definition) is 3. The van der Waals surface area contributed by atoms with E-state index in [4.69, 9.17) is 5.73 Å². The second kappa shape index (κ2) is 6.43. The Morgan fingerprint density at radius 2 is 2.14 bits per heavy atom. The minimum absolute atomic E-state index is 0.0228. The molecule has 0 radical (unpaired) electrons. The van der Waals surface area contributed by atoms with E-state index in [1.54, 1.807) is 6.08 Å². The summed E-state index contributed by atoms with van der Waals surface area (Å²) in [5, 5.41) is 2.78. The van der Waals surface area contributed by atoms with Crippen LogP contribution in [0, 0.1) is 0 Å². The Morgan fingerprint density at radius 3 is 2.79 bits per heavy atom. The first-order valence-electron chi connectivity index (χ1n) is 5.23. The number of amides is 1. The third kappa shape index (κ3) is 4.28. The predicted molar refractivity (Wildman–Crippen MR) is 56.6 cm³/mol. The van der Waals surface area contributed by atoms with Gasteiger partial charge in [-0.2, -0.15) is 0 Å². The second-order valence-electron chi connectivity index (χ2n) is 3.49. The average Bonchev–Trinajstić information content (AvgIpc) is 2.68. The van der Waals surface area contributed by atoms with E-state index in [1.807, 2.05) is 6.20 Å². The van der Waals surface area contributed by atoms with Crippen molar-refractivity contribution in [3.05, 3.63) is 12.3 Å². The quantitative estimate of drug-likeness (QED) is 0.484. The summed E-state index contributed by atoms with van der Waals surface area (Å²) in [6, 6.07) is 0. The van der Waals surface area contributed by atoms with Crippen LogP contribution >= 0.6 is 0 Å². The Labute approximate surface area is 85.1 Å². The Hall–Kier alpha value is -1.03. The van der Waals surface area contributed by atoms with E-state index in [9.17, 15) is 4.79 Å². The summed E-state index contributed by atoms with van der Waals surface area (Å²) < 4.78 is 0. The summed E-state index contributed by atoms with van der Waals surface area (Å²) >= 11 is 0. The van der Waals surface area contributed by atoms with Crippen LogP contribution in [0.3, 0.4) is 0 Å². The van der Waals surface area contributed by atoms with Gasteiger partial charge in [-0.15, -0.1) is 0 Å². The number of carbonyl (C=O) groups is 1. The largest absolute Gasteiger partial charge is 0.377 e. The van der Waals surface area contributed by atoms with Crippen molar-refractivity contribution in [1.29, 1.82) is 0 Å². The van der Waals surface area contributed by atoms with E-state index in [-0.39, 0.29) is 5.91 Å². The molecule has 0 aliphatic carbocycles. The van der Waals surface area contributed by atoms with Crippen LogP contribution in [0.1, 0.15) is 19.3 Å². The molecule has 0 saturated carbocycles. The lowest BCUT2D eigenvalue weighted by Crippen LogP contribution is -2.24. The van der Waals surface area contributed by atoms with Crippen molar-refractivity contribution in [2.45, 2.75) is 19.3 Å². The molecule has 0 aromatic rings. The molecule has 1 rings (SSSR count). The van der Waals surface area contributed by atoms with Gasteiger partial charge >= 0.3 is 0 Å². The molecule has 1 amide bonds. The number of hydrogen-bond donors (Lipinski definition) is 2. The lowest BCUT2D eigenvalue weighted by Gasteiger charge is -2.09. The van der Waals surface area contributed by atoms with Crippen molar-refractivity contribution in [3.8, 4) is 0 Å². The average molecular weight is 197 g/mol. The molecule has 0 atom stereocenters. The van der Waals surface area contributed by atoms with Gasteiger partial charge in [-0.3, -0.25) is 4.79 Å². The van der Waals surface area contributed by atoms with E-state index < -0.39 is 0 Å². The SMILES string of the molecule is NCCCNC(=O)C=CN1CCCC1. The fourth-order valence-corrected chi connectivity index (χ4v) is 1.44. The summed E-state index contributed by atoms with van der Waals surface area (Å²) in [6.07, 6.45) is 6.79. The number of likely N-dealkylation sites (tertiary alicyclic amines) is 1. The highest BCUT2D eigenvalue weighted by molar-refractivity contribution is 5.87. The topological polar surface area (TPSA) is 58.4 Å². The highest BCUT2D eigenvalue weighted by Gasteiger charge is 2.06. The number of rotatable bonds is 5. The molecule has 0 spiro atoms. The molecule has 1 aliphatic rings. The third-order valence-corrected chi connectivity index (χ3v) is 2.26. The van der Waals surface area contributed by atoms with E-state index in [0.29, 0.717) is 13.1 Å². The first-order chi connectivity index (χ1) is 6.83. The Balaban J connectivity index is 2.12. The molecule has 3 N–H and O–H groups in total. The van der Waals surface area contributed by atoms with Crippen molar-refractivity contribution in [1.82, 2.24) is 10.2 Å². The predicted octanol–water partition coefficient (Wildman–Crippen LogP) is 0.0609. The second-order valence-corrected chi connectivity index (χ2v) is 3.49. The zero-order chi connectivity index (χ0) is 10.2. The van der Waals surface area contributed by atoms with E-state index in [2.05, 4.69) is 10.2 Å². The fourth-order valence-electron chi connectivity index (χ4n) is 1.44. The molecule has 1 aliphatic heterocycles. The third-order valence-electron chi connectivity index (χ3n) is 2.26. The monoisotopic (exact) mass is 197 g/mol. The molecule has 0 bridgehead atoms. The summed E-state index contributed by atoms with van der Waals surface area (Å²) in [6.45, 7) is 3.44. The molecule has 1 heterocycles.